The van der Waals surface area contributed by atoms with E-state index in [0.29, 0.717) is 18.4 Å². The molecule has 56 valence electrons. The van der Waals surface area contributed by atoms with Gasteiger partial charge >= 0.3 is 0 Å². The van der Waals surface area contributed by atoms with Crippen LogP contribution in [0.5, 0.6) is 0 Å². The van der Waals surface area contributed by atoms with Crippen molar-refractivity contribution in [2.75, 3.05) is 14.1 Å². The molecule has 4 nitrogen and oxygen atoms in total. The average Bonchev–Trinajstić information content (AvgIpc) is 2.00. The highest BCUT2D eigenvalue weighted by Gasteiger charge is 2.00. The standard InChI is InChI=1S/C6H10N2O2/c1-7-6(8-2)5(3-9)4-10/h3-4,9H,1-2H3,(H,7,8)/b5-3-. The Morgan fingerprint density at radius 1 is 1.70 bits per heavy atom. The zero-order valence-electron chi connectivity index (χ0n) is 5.96. The smallest absolute Gasteiger partial charge is 0.156 e. The van der Waals surface area contributed by atoms with Crippen molar-refractivity contribution in [1.82, 2.24) is 5.32 Å². The Hall–Kier alpha value is -1.32. The van der Waals surface area contributed by atoms with E-state index in [1.165, 1.54) is 7.05 Å². The van der Waals surface area contributed by atoms with Gasteiger partial charge in [0.15, 0.2) is 6.29 Å². The zero-order valence-corrected chi connectivity index (χ0v) is 5.96. The fourth-order valence-electron chi connectivity index (χ4n) is 0.533. The largest absolute Gasteiger partial charge is 0.515 e. The van der Waals surface area contributed by atoms with Crippen molar-refractivity contribution in [3.05, 3.63) is 11.8 Å². The second kappa shape index (κ2) is 4.55. The van der Waals surface area contributed by atoms with Crippen LogP contribution in [-0.2, 0) is 4.79 Å². The summed E-state index contributed by atoms with van der Waals surface area (Å²) in [5.74, 6) is 0.373. The number of hydrogen-bond acceptors (Lipinski definition) is 3. The maximum Gasteiger partial charge on any atom is 0.156 e. The van der Waals surface area contributed by atoms with Crippen molar-refractivity contribution in [2.24, 2.45) is 4.99 Å². The van der Waals surface area contributed by atoms with Crippen LogP contribution in [0.2, 0.25) is 0 Å². The fourth-order valence-corrected chi connectivity index (χ4v) is 0.533. The molecule has 0 fully saturated rings. The van der Waals surface area contributed by atoms with E-state index in [0.717, 1.165) is 0 Å². The number of nitrogens with zero attached hydrogens (tertiary/aromatic N) is 1. The van der Waals surface area contributed by atoms with Crippen LogP contribution in [0, 0.1) is 0 Å². The number of carbonyl (C=O) groups is 1. The second-order valence-corrected chi connectivity index (χ2v) is 1.52. The summed E-state index contributed by atoms with van der Waals surface area (Å²) in [6, 6.07) is 0. The lowest BCUT2D eigenvalue weighted by molar-refractivity contribution is -0.104. The van der Waals surface area contributed by atoms with Crippen molar-refractivity contribution in [3.63, 3.8) is 0 Å². The molecule has 4 heteroatoms. The minimum absolute atomic E-state index is 0.144. The molecule has 0 amide bonds. The molecule has 0 bridgehead atoms. The number of likely N-dealkylation sites (N-methyl/N-ethyl adjacent to an activating group) is 1. The van der Waals surface area contributed by atoms with E-state index in [2.05, 4.69) is 10.3 Å². The predicted molar refractivity (Wildman–Crippen MR) is 39.2 cm³/mol. The van der Waals surface area contributed by atoms with Crippen LogP contribution in [0.3, 0.4) is 0 Å². The van der Waals surface area contributed by atoms with Gasteiger partial charge in [0.25, 0.3) is 0 Å². The highest BCUT2D eigenvalue weighted by atomic mass is 16.2. The summed E-state index contributed by atoms with van der Waals surface area (Å²) < 4.78 is 0. The van der Waals surface area contributed by atoms with E-state index in [9.17, 15) is 4.79 Å². The third-order valence-corrected chi connectivity index (χ3v) is 1.000. The summed E-state index contributed by atoms with van der Waals surface area (Å²) in [7, 11) is 3.15. The van der Waals surface area contributed by atoms with Crippen LogP contribution >= 0.6 is 0 Å². The maximum absolute atomic E-state index is 10.1. The van der Waals surface area contributed by atoms with Crippen LogP contribution < -0.4 is 5.32 Å². The SMILES string of the molecule is CN=C(NC)/C(C=O)=C\O. The molecule has 0 aromatic heterocycles. The monoisotopic (exact) mass is 142 g/mol. The van der Waals surface area contributed by atoms with Crippen molar-refractivity contribution < 1.29 is 9.90 Å². The number of carbonyl (C=O) groups excluding carboxylic acids is 1. The lowest BCUT2D eigenvalue weighted by atomic mass is 10.3. The van der Waals surface area contributed by atoms with Gasteiger partial charge in [-0.3, -0.25) is 9.79 Å². The molecule has 0 aromatic carbocycles. The Kier molecular flexibility index (Phi) is 3.95. The van der Waals surface area contributed by atoms with Gasteiger partial charge in [0.05, 0.1) is 11.8 Å². The van der Waals surface area contributed by atoms with Crippen molar-refractivity contribution >= 4 is 12.1 Å². The van der Waals surface area contributed by atoms with Crippen LogP contribution in [0.1, 0.15) is 0 Å². The predicted octanol–water partition coefficient (Wildman–Crippen LogP) is -0.125. The molecule has 0 aromatic rings. The number of rotatable bonds is 2. The number of amidine groups is 1. The summed E-state index contributed by atoms with van der Waals surface area (Å²) in [4.78, 5) is 13.8. The van der Waals surface area contributed by atoms with Crippen LogP contribution in [-0.4, -0.2) is 31.3 Å². The quantitative estimate of drug-likeness (QED) is 0.186. The highest BCUT2D eigenvalue weighted by Crippen LogP contribution is 1.88. The van der Waals surface area contributed by atoms with Crippen molar-refractivity contribution in [1.29, 1.82) is 0 Å². The van der Waals surface area contributed by atoms with E-state index < -0.39 is 0 Å². The first-order valence-electron chi connectivity index (χ1n) is 2.74. The Bertz CT molecular complexity index is 173. The Labute approximate surface area is 59.3 Å². The van der Waals surface area contributed by atoms with Gasteiger partial charge in [-0.25, -0.2) is 0 Å². The van der Waals surface area contributed by atoms with E-state index in [4.69, 9.17) is 5.11 Å². The average molecular weight is 142 g/mol. The highest BCUT2D eigenvalue weighted by molar-refractivity contribution is 6.13. The molecule has 0 aliphatic heterocycles. The van der Waals surface area contributed by atoms with E-state index in [-0.39, 0.29) is 5.57 Å². The molecule has 0 saturated carbocycles. The first-order chi connectivity index (χ1) is 4.79. The number of hydrogen-bond donors (Lipinski definition) is 2. The van der Waals surface area contributed by atoms with Gasteiger partial charge in [0, 0.05) is 14.1 Å². The molecular formula is C6H10N2O2. The molecule has 0 rings (SSSR count). The molecule has 10 heavy (non-hydrogen) atoms. The summed E-state index contributed by atoms with van der Waals surface area (Å²) in [5, 5.41) is 11.1. The molecule has 0 saturated heterocycles. The molecular weight excluding hydrogens is 132 g/mol. The molecule has 0 atom stereocenters. The zero-order chi connectivity index (χ0) is 7.98. The summed E-state index contributed by atoms with van der Waals surface area (Å²) >= 11 is 0. The van der Waals surface area contributed by atoms with Crippen LogP contribution in [0.25, 0.3) is 0 Å². The van der Waals surface area contributed by atoms with Gasteiger partial charge in [-0.2, -0.15) is 0 Å². The van der Waals surface area contributed by atoms with E-state index in [1.807, 2.05) is 0 Å². The molecule has 0 aliphatic rings. The van der Waals surface area contributed by atoms with Gasteiger partial charge in [0.1, 0.15) is 5.84 Å². The molecule has 0 heterocycles. The number of aliphatic hydroxyl groups is 1. The lowest BCUT2D eigenvalue weighted by Gasteiger charge is -2.00. The van der Waals surface area contributed by atoms with Crippen LogP contribution in [0.4, 0.5) is 0 Å². The van der Waals surface area contributed by atoms with Gasteiger partial charge < -0.3 is 10.4 Å². The normalized spacial score (nSPS) is 13.0. The fraction of sp³-hybridized carbons (Fsp3) is 0.333. The van der Waals surface area contributed by atoms with Crippen molar-refractivity contribution in [3.8, 4) is 0 Å². The van der Waals surface area contributed by atoms with E-state index in [1.54, 1.807) is 7.05 Å². The number of aliphatic hydroxyl groups excluding tert-OH is 1. The Morgan fingerprint density at radius 2 is 2.30 bits per heavy atom. The molecule has 2 N–H and O–H groups in total. The molecule has 0 radical (unpaired) electrons. The Morgan fingerprint density at radius 3 is 2.40 bits per heavy atom. The maximum atomic E-state index is 10.1. The molecule has 0 aliphatic carbocycles. The molecule has 0 unspecified atom stereocenters. The Balaban J connectivity index is 4.42. The first-order valence-corrected chi connectivity index (χ1v) is 2.74. The first kappa shape index (κ1) is 8.68. The number of nitrogens with one attached hydrogen (secondary N) is 1. The van der Waals surface area contributed by atoms with Gasteiger partial charge in [0.2, 0.25) is 0 Å². The van der Waals surface area contributed by atoms with Crippen LogP contribution in [0.15, 0.2) is 16.8 Å². The summed E-state index contributed by atoms with van der Waals surface area (Å²) in [6.45, 7) is 0. The minimum Gasteiger partial charge on any atom is -0.515 e. The van der Waals surface area contributed by atoms with Gasteiger partial charge in [-0.05, 0) is 0 Å². The van der Waals surface area contributed by atoms with E-state index >= 15 is 0 Å². The third-order valence-electron chi connectivity index (χ3n) is 1.000. The number of aliphatic imine (C=N–C) groups is 1. The third kappa shape index (κ3) is 1.89. The van der Waals surface area contributed by atoms with Crippen molar-refractivity contribution in [2.45, 2.75) is 0 Å². The number of aldehydes is 1. The second-order valence-electron chi connectivity index (χ2n) is 1.52. The summed E-state index contributed by atoms with van der Waals surface area (Å²) in [5.41, 5.74) is 0.144. The molecule has 0 spiro atoms. The lowest BCUT2D eigenvalue weighted by Crippen LogP contribution is -2.21. The van der Waals surface area contributed by atoms with Gasteiger partial charge in [-0.1, -0.05) is 0 Å². The minimum atomic E-state index is 0.144. The summed E-state index contributed by atoms with van der Waals surface area (Å²) in [6.07, 6.45) is 1.24. The topological polar surface area (TPSA) is 61.7 Å². The van der Waals surface area contributed by atoms with Gasteiger partial charge in [-0.15, -0.1) is 0 Å².